The average molecular weight is 331 g/mol. The molecular formula is C16H15BrN2O. The molecule has 0 atom stereocenters. The van der Waals surface area contributed by atoms with Crippen molar-refractivity contribution < 1.29 is 4.74 Å². The molecule has 3 aromatic rings. The zero-order valence-electron chi connectivity index (χ0n) is 11.1. The Bertz CT molecular complexity index is 764. The van der Waals surface area contributed by atoms with Crippen LogP contribution >= 0.6 is 15.9 Å². The number of ether oxygens (including phenoxy) is 1. The number of halogens is 1. The number of rotatable bonds is 3. The van der Waals surface area contributed by atoms with Crippen LogP contribution in [0.2, 0.25) is 0 Å². The van der Waals surface area contributed by atoms with Crippen molar-refractivity contribution in [2.24, 2.45) is 0 Å². The summed E-state index contributed by atoms with van der Waals surface area (Å²) in [6, 6.07) is 14.1. The van der Waals surface area contributed by atoms with Crippen LogP contribution in [0, 0.1) is 0 Å². The standard InChI is InChI=1S/C16H15BrN2O/c1-20-14-3-4-15(17)12(9-14)10-19-7-6-11-8-13(18)2-5-16(11)19/h2-9H,10,18H2,1H3. The molecule has 0 spiro atoms. The van der Waals surface area contributed by atoms with Crippen LogP contribution in [-0.4, -0.2) is 11.7 Å². The van der Waals surface area contributed by atoms with Gasteiger partial charge in [-0.25, -0.2) is 0 Å². The third-order valence-corrected chi connectivity index (χ3v) is 4.16. The predicted molar refractivity (Wildman–Crippen MR) is 86.1 cm³/mol. The fourth-order valence-electron chi connectivity index (χ4n) is 2.34. The smallest absolute Gasteiger partial charge is 0.119 e. The Morgan fingerprint density at radius 1 is 1.15 bits per heavy atom. The lowest BCUT2D eigenvalue weighted by molar-refractivity contribution is 0.414. The number of benzene rings is 2. The first-order chi connectivity index (χ1) is 9.67. The van der Waals surface area contributed by atoms with Crippen molar-refractivity contribution in [3.05, 3.63) is 58.7 Å². The Labute approximate surface area is 126 Å². The van der Waals surface area contributed by atoms with E-state index in [1.165, 1.54) is 11.1 Å². The topological polar surface area (TPSA) is 40.2 Å². The van der Waals surface area contributed by atoms with E-state index in [2.05, 4.69) is 38.8 Å². The maximum absolute atomic E-state index is 5.81. The molecule has 0 saturated carbocycles. The zero-order valence-corrected chi connectivity index (χ0v) is 12.7. The van der Waals surface area contributed by atoms with Gasteiger partial charge in [-0.2, -0.15) is 0 Å². The minimum Gasteiger partial charge on any atom is -0.497 e. The van der Waals surface area contributed by atoms with Crippen LogP contribution < -0.4 is 10.5 Å². The molecule has 102 valence electrons. The highest BCUT2D eigenvalue weighted by molar-refractivity contribution is 9.10. The summed E-state index contributed by atoms with van der Waals surface area (Å²) in [5.74, 6) is 0.865. The van der Waals surface area contributed by atoms with E-state index in [0.717, 1.165) is 27.8 Å². The first-order valence-electron chi connectivity index (χ1n) is 6.34. The Hall–Kier alpha value is -1.94. The molecule has 3 nitrogen and oxygen atoms in total. The molecule has 4 heteroatoms. The minimum atomic E-state index is 0.783. The lowest BCUT2D eigenvalue weighted by Crippen LogP contribution is -1.99. The van der Waals surface area contributed by atoms with Gasteiger partial charge in [0.15, 0.2) is 0 Å². The van der Waals surface area contributed by atoms with Gasteiger partial charge in [-0.1, -0.05) is 15.9 Å². The Morgan fingerprint density at radius 3 is 2.80 bits per heavy atom. The molecule has 3 rings (SSSR count). The van der Waals surface area contributed by atoms with Gasteiger partial charge >= 0.3 is 0 Å². The second-order valence-corrected chi connectivity index (χ2v) is 5.57. The van der Waals surface area contributed by atoms with Crippen LogP contribution in [0.1, 0.15) is 5.56 Å². The summed E-state index contributed by atoms with van der Waals surface area (Å²) in [5.41, 5.74) is 8.96. The maximum Gasteiger partial charge on any atom is 0.119 e. The molecule has 20 heavy (non-hydrogen) atoms. The summed E-state index contributed by atoms with van der Waals surface area (Å²) in [6.07, 6.45) is 2.08. The summed E-state index contributed by atoms with van der Waals surface area (Å²) in [4.78, 5) is 0. The van der Waals surface area contributed by atoms with E-state index in [-0.39, 0.29) is 0 Å². The number of fused-ring (bicyclic) bond motifs is 1. The molecule has 0 radical (unpaired) electrons. The van der Waals surface area contributed by atoms with Gasteiger partial charge in [0.05, 0.1) is 7.11 Å². The molecule has 1 aromatic heterocycles. The Balaban J connectivity index is 2.01. The number of nitrogens with two attached hydrogens (primary N) is 1. The first-order valence-corrected chi connectivity index (χ1v) is 7.13. The van der Waals surface area contributed by atoms with Crippen molar-refractivity contribution in [3.63, 3.8) is 0 Å². The molecule has 0 saturated heterocycles. The van der Waals surface area contributed by atoms with Crippen molar-refractivity contribution in [1.29, 1.82) is 0 Å². The number of aromatic nitrogens is 1. The van der Waals surface area contributed by atoms with Crippen LogP contribution in [0.3, 0.4) is 0 Å². The van der Waals surface area contributed by atoms with Gasteiger partial charge in [0.25, 0.3) is 0 Å². The molecule has 0 aliphatic heterocycles. The minimum absolute atomic E-state index is 0.783. The molecule has 0 bridgehead atoms. The Morgan fingerprint density at radius 2 is 2.00 bits per heavy atom. The Kier molecular flexibility index (Phi) is 3.40. The SMILES string of the molecule is COc1ccc(Br)c(Cn2ccc3cc(N)ccc32)c1. The molecule has 1 heterocycles. The number of nitrogen functional groups attached to an aromatic ring is 1. The van der Waals surface area contributed by atoms with E-state index >= 15 is 0 Å². The van der Waals surface area contributed by atoms with Crippen LogP contribution in [0.5, 0.6) is 5.75 Å². The fraction of sp³-hybridized carbons (Fsp3) is 0.125. The average Bonchev–Trinajstić information content (AvgIpc) is 2.83. The van der Waals surface area contributed by atoms with Gasteiger partial charge in [-0.3, -0.25) is 0 Å². The molecule has 2 aromatic carbocycles. The summed E-state index contributed by atoms with van der Waals surface area (Å²) in [6.45, 7) is 0.783. The van der Waals surface area contributed by atoms with Crippen molar-refractivity contribution in [2.75, 3.05) is 12.8 Å². The summed E-state index contributed by atoms with van der Waals surface area (Å²) >= 11 is 3.59. The van der Waals surface area contributed by atoms with Crippen molar-refractivity contribution in [2.45, 2.75) is 6.54 Å². The molecule has 0 aliphatic rings. The van der Waals surface area contributed by atoms with Gasteiger partial charge in [0, 0.05) is 33.8 Å². The van der Waals surface area contributed by atoms with Crippen LogP contribution in [0.25, 0.3) is 10.9 Å². The monoisotopic (exact) mass is 330 g/mol. The molecule has 0 fully saturated rings. The summed E-state index contributed by atoms with van der Waals surface area (Å²) in [5, 5.41) is 1.16. The van der Waals surface area contributed by atoms with Crippen molar-refractivity contribution >= 4 is 32.5 Å². The number of anilines is 1. The van der Waals surface area contributed by atoms with E-state index in [4.69, 9.17) is 10.5 Å². The van der Waals surface area contributed by atoms with Crippen molar-refractivity contribution in [3.8, 4) is 5.75 Å². The molecule has 2 N–H and O–H groups in total. The highest BCUT2D eigenvalue weighted by atomic mass is 79.9. The number of hydrogen-bond acceptors (Lipinski definition) is 2. The summed E-state index contributed by atoms with van der Waals surface area (Å²) < 4.78 is 8.57. The van der Waals surface area contributed by atoms with E-state index in [0.29, 0.717) is 0 Å². The van der Waals surface area contributed by atoms with Crippen LogP contribution in [0.15, 0.2) is 53.1 Å². The lowest BCUT2D eigenvalue weighted by atomic mass is 10.2. The van der Waals surface area contributed by atoms with Gasteiger partial charge in [0.1, 0.15) is 5.75 Å². The first kappa shape index (κ1) is 13.1. The van der Waals surface area contributed by atoms with Gasteiger partial charge in [-0.15, -0.1) is 0 Å². The highest BCUT2D eigenvalue weighted by Gasteiger charge is 2.06. The largest absolute Gasteiger partial charge is 0.497 e. The normalized spacial score (nSPS) is 10.9. The van der Waals surface area contributed by atoms with Crippen LogP contribution in [-0.2, 0) is 6.54 Å². The van der Waals surface area contributed by atoms with Crippen LogP contribution in [0.4, 0.5) is 5.69 Å². The van der Waals surface area contributed by atoms with E-state index in [9.17, 15) is 0 Å². The second kappa shape index (κ2) is 5.21. The highest BCUT2D eigenvalue weighted by Crippen LogP contribution is 2.25. The molecular weight excluding hydrogens is 316 g/mol. The maximum atomic E-state index is 5.81. The van der Waals surface area contributed by atoms with E-state index in [1.54, 1.807) is 7.11 Å². The number of nitrogens with zero attached hydrogens (tertiary/aromatic N) is 1. The predicted octanol–water partition coefficient (Wildman–Crippen LogP) is 4.04. The van der Waals surface area contributed by atoms with Gasteiger partial charge < -0.3 is 15.0 Å². The van der Waals surface area contributed by atoms with Crippen molar-refractivity contribution in [1.82, 2.24) is 4.57 Å². The van der Waals surface area contributed by atoms with E-state index in [1.807, 2.05) is 30.3 Å². The molecule has 0 aliphatic carbocycles. The number of methoxy groups -OCH3 is 1. The van der Waals surface area contributed by atoms with Gasteiger partial charge in [0.2, 0.25) is 0 Å². The third kappa shape index (κ3) is 2.39. The second-order valence-electron chi connectivity index (χ2n) is 4.72. The molecule has 0 unspecified atom stereocenters. The van der Waals surface area contributed by atoms with E-state index < -0.39 is 0 Å². The zero-order chi connectivity index (χ0) is 14.1. The fourth-order valence-corrected chi connectivity index (χ4v) is 2.71. The lowest BCUT2D eigenvalue weighted by Gasteiger charge is -2.10. The quantitative estimate of drug-likeness (QED) is 0.736. The summed E-state index contributed by atoms with van der Waals surface area (Å²) in [7, 11) is 1.68. The van der Waals surface area contributed by atoms with Gasteiger partial charge in [-0.05, 0) is 48.0 Å². The number of hydrogen-bond donors (Lipinski definition) is 1. The molecule has 0 amide bonds. The third-order valence-electron chi connectivity index (χ3n) is 3.39.